The molecule has 3 rings (SSSR count). The highest BCUT2D eigenvalue weighted by Gasteiger charge is 2.26. The van der Waals surface area contributed by atoms with Crippen LogP contribution in [0.5, 0.6) is 0 Å². The lowest BCUT2D eigenvalue weighted by Crippen LogP contribution is -2.44. The van der Waals surface area contributed by atoms with E-state index in [-0.39, 0.29) is 30.1 Å². The normalized spacial score (nSPS) is 15.1. The summed E-state index contributed by atoms with van der Waals surface area (Å²) < 4.78 is 5.31. The van der Waals surface area contributed by atoms with Gasteiger partial charge in [-0.15, -0.1) is 12.4 Å². The summed E-state index contributed by atoms with van der Waals surface area (Å²) in [6.45, 7) is 1.88. The minimum atomic E-state index is -0.551. The fraction of sp³-hybridized carbons (Fsp3) is 0.364. The predicted molar refractivity (Wildman–Crippen MR) is 116 cm³/mol. The van der Waals surface area contributed by atoms with Crippen LogP contribution in [-0.4, -0.2) is 37.6 Å². The van der Waals surface area contributed by atoms with E-state index < -0.39 is 6.04 Å². The quantitative estimate of drug-likeness (QED) is 0.645. The zero-order chi connectivity index (χ0) is 19.8. The molecule has 1 aliphatic rings. The number of hydrogen-bond acceptors (Lipinski definition) is 4. The Labute approximate surface area is 177 Å². The number of rotatable bonds is 7. The van der Waals surface area contributed by atoms with Gasteiger partial charge in [-0.1, -0.05) is 30.3 Å². The van der Waals surface area contributed by atoms with Crippen molar-refractivity contribution in [2.24, 2.45) is 11.7 Å². The summed E-state index contributed by atoms with van der Waals surface area (Å²) in [6, 6.07) is 16.3. The van der Waals surface area contributed by atoms with Gasteiger partial charge in [0.2, 0.25) is 5.91 Å². The molecule has 2 aromatic rings. The topological polar surface area (TPSA) is 93.5 Å². The molecule has 4 N–H and O–H groups in total. The highest BCUT2D eigenvalue weighted by atomic mass is 35.5. The summed E-state index contributed by atoms with van der Waals surface area (Å²) in [5, 5.41) is 5.74. The largest absolute Gasteiger partial charge is 0.381 e. The summed E-state index contributed by atoms with van der Waals surface area (Å²) >= 11 is 0. The van der Waals surface area contributed by atoms with Crippen LogP contribution >= 0.6 is 12.4 Å². The molecule has 0 spiro atoms. The van der Waals surface area contributed by atoms with Crippen molar-refractivity contribution >= 4 is 29.9 Å². The molecule has 1 aliphatic heterocycles. The molecule has 7 heteroatoms. The van der Waals surface area contributed by atoms with Gasteiger partial charge in [0, 0.05) is 31.0 Å². The van der Waals surface area contributed by atoms with Gasteiger partial charge >= 0.3 is 0 Å². The van der Waals surface area contributed by atoms with Gasteiger partial charge in [0.05, 0.1) is 6.04 Å². The fourth-order valence-corrected chi connectivity index (χ4v) is 3.29. The Hall–Kier alpha value is -2.41. The van der Waals surface area contributed by atoms with Crippen molar-refractivity contribution in [3.05, 3.63) is 65.7 Å². The number of anilines is 1. The number of carbonyl (C=O) groups excluding carboxylic acids is 2. The Balaban J connectivity index is 0.00000300. The van der Waals surface area contributed by atoms with Crippen molar-refractivity contribution in [3.63, 3.8) is 0 Å². The van der Waals surface area contributed by atoms with Crippen molar-refractivity contribution in [2.75, 3.05) is 25.1 Å². The minimum absolute atomic E-state index is 0. The Bertz CT molecular complexity index is 778. The number of carbonyl (C=O) groups is 2. The first kappa shape index (κ1) is 22.9. The predicted octanol–water partition coefficient (Wildman–Crippen LogP) is 2.77. The molecule has 0 radical (unpaired) electrons. The number of nitrogens with one attached hydrogen (secondary N) is 2. The molecule has 1 atom stereocenters. The van der Waals surface area contributed by atoms with Crippen molar-refractivity contribution < 1.29 is 14.3 Å². The summed E-state index contributed by atoms with van der Waals surface area (Å²) in [5.74, 6) is -0.192. The van der Waals surface area contributed by atoms with E-state index in [1.165, 1.54) is 5.56 Å². The number of ether oxygens (including phenoxy) is 1. The maximum absolute atomic E-state index is 12.4. The fourth-order valence-electron chi connectivity index (χ4n) is 3.29. The number of halogens is 1. The third kappa shape index (κ3) is 6.85. The van der Waals surface area contributed by atoms with Crippen LogP contribution in [0.3, 0.4) is 0 Å². The molecule has 0 saturated carbocycles. The van der Waals surface area contributed by atoms with Gasteiger partial charge in [0.15, 0.2) is 0 Å². The first-order valence-electron chi connectivity index (χ1n) is 9.70. The molecular weight excluding hydrogens is 390 g/mol. The molecule has 2 amide bonds. The van der Waals surface area contributed by atoms with E-state index >= 15 is 0 Å². The second kappa shape index (κ2) is 11.6. The molecule has 0 bridgehead atoms. The van der Waals surface area contributed by atoms with E-state index in [1.54, 1.807) is 24.3 Å². The molecular formula is C22H28ClN3O3. The smallest absolute Gasteiger partial charge is 0.251 e. The molecule has 0 aromatic heterocycles. The molecule has 6 nitrogen and oxygen atoms in total. The Morgan fingerprint density at radius 1 is 1.03 bits per heavy atom. The van der Waals surface area contributed by atoms with Crippen molar-refractivity contribution in [1.29, 1.82) is 0 Å². The van der Waals surface area contributed by atoms with Crippen LogP contribution in [0, 0.1) is 5.92 Å². The Kier molecular flexibility index (Phi) is 9.12. The van der Waals surface area contributed by atoms with Gasteiger partial charge in [0.1, 0.15) is 0 Å². The zero-order valence-corrected chi connectivity index (χ0v) is 17.1. The van der Waals surface area contributed by atoms with Crippen LogP contribution in [0.25, 0.3) is 0 Å². The van der Waals surface area contributed by atoms with Crippen molar-refractivity contribution in [1.82, 2.24) is 5.32 Å². The number of hydrogen-bond donors (Lipinski definition) is 3. The average Bonchev–Trinajstić information content (AvgIpc) is 2.75. The molecule has 1 heterocycles. The Morgan fingerprint density at radius 3 is 2.34 bits per heavy atom. The van der Waals surface area contributed by atoms with Gasteiger partial charge in [-0.2, -0.15) is 0 Å². The van der Waals surface area contributed by atoms with E-state index in [4.69, 9.17) is 10.5 Å². The molecule has 156 valence electrons. The molecule has 1 unspecified atom stereocenters. The van der Waals surface area contributed by atoms with Crippen LogP contribution in [0.2, 0.25) is 0 Å². The molecule has 1 fully saturated rings. The average molecular weight is 418 g/mol. The van der Waals surface area contributed by atoms with Gasteiger partial charge in [-0.05, 0) is 55.0 Å². The highest BCUT2D eigenvalue weighted by molar-refractivity contribution is 5.97. The van der Waals surface area contributed by atoms with Crippen LogP contribution in [-0.2, 0) is 16.0 Å². The third-order valence-corrected chi connectivity index (χ3v) is 5.03. The number of amides is 2. The maximum atomic E-state index is 12.4. The highest BCUT2D eigenvalue weighted by Crippen LogP contribution is 2.19. The number of nitrogens with two attached hydrogens (primary N) is 1. The monoisotopic (exact) mass is 417 g/mol. The second-order valence-electron chi connectivity index (χ2n) is 7.03. The number of benzene rings is 2. The van der Waals surface area contributed by atoms with Crippen LogP contribution in [0.1, 0.15) is 28.8 Å². The van der Waals surface area contributed by atoms with E-state index in [1.807, 2.05) is 30.3 Å². The molecule has 0 aliphatic carbocycles. The first-order chi connectivity index (χ1) is 13.6. The summed E-state index contributed by atoms with van der Waals surface area (Å²) in [6.07, 6.45) is 2.39. The second-order valence-corrected chi connectivity index (χ2v) is 7.03. The lowest BCUT2D eigenvalue weighted by molar-refractivity contribution is -0.119. The third-order valence-electron chi connectivity index (χ3n) is 5.03. The lowest BCUT2D eigenvalue weighted by atomic mass is 9.92. The van der Waals surface area contributed by atoms with E-state index in [2.05, 4.69) is 10.6 Å². The molecule has 1 saturated heterocycles. The summed E-state index contributed by atoms with van der Waals surface area (Å²) in [7, 11) is 0. The van der Waals surface area contributed by atoms with Gasteiger partial charge in [-0.3, -0.25) is 9.59 Å². The zero-order valence-electron chi connectivity index (χ0n) is 16.3. The lowest BCUT2D eigenvalue weighted by Gasteiger charge is -2.26. The maximum Gasteiger partial charge on any atom is 0.251 e. The Morgan fingerprint density at radius 2 is 1.69 bits per heavy atom. The molecule has 2 aromatic carbocycles. The van der Waals surface area contributed by atoms with Gasteiger partial charge < -0.3 is 21.1 Å². The van der Waals surface area contributed by atoms with Crippen molar-refractivity contribution in [3.8, 4) is 0 Å². The standard InChI is InChI=1S/C22H27N3O3.ClH/c23-20(17-11-14-28-15-12-17)22(27)25-19-8-6-18(7-9-19)21(26)24-13-10-16-4-2-1-3-5-16;/h1-9,17,20H,10-15,23H2,(H,24,26)(H,25,27);1H. The minimum Gasteiger partial charge on any atom is -0.381 e. The molecule has 29 heavy (non-hydrogen) atoms. The summed E-state index contributed by atoms with van der Waals surface area (Å²) in [5.41, 5.74) is 8.46. The van der Waals surface area contributed by atoms with Gasteiger partial charge in [-0.25, -0.2) is 0 Å². The van der Waals surface area contributed by atoms with E-state index in [9.17, 15) is 9.59 Å². The summed E-state index contributed by atoms with van der Waals surface area (Å²) in [4.78, 5) is 24.6. The van der Waals surface area contributed by atoms with Crippen LogP contribution in [0.4, 0.5) is 5.69 Å². The van der Waals surface area contributed by atoms with E-state index in [0.717, 1.165) is 19.3 Å². The van der Waals surface area contributed by atoms with E-state index in [0.29, 0.717) is 31.0 Å². The van der Waals surface area contributed by atoms with Crippen LogP contribution in [0.15, 0.2) is 54.6 Å². The van der Waals surface area contributed by atoms with Gasteiger partial charge in [0.25, 0.3) is 5.91 Å². The SMILES string of the molecule is Cl.NC(C(=O)Nc1ccc(C(=O)NCCc2ccccc2)cc1)C1CCOCC1. The van der Waals surface area contributed by atoms with Crippen LogP contribution < -0.4 is 16.4 Å². The van der Waals surface area contributed by atoms with Crippen molar-refractivity contribution in [2.45, 2.75) is 25.3 Å². The first-order valence-corrected chi connectivity index (χ1v) is 9.70.